The van der Waals surface area contributed by atoms with Gasteiger partial charge in [-0.3, -0.25) is 4.79 Å². The minimum absolute atomic E-state index is 0.00775. The summed E-state index contributed by atoms with van der Waals surface area (Å²) >= 11 is 0. The van der Waals surface area contributed by atoms with E-state index in [1.165, 1.54) is 5.56 Å². The summed E-state index contributed by atoms with van der Waals surface area (Å²) in [4.78, 5) is 23.4. The Labute approximate surface area is 158 Å². The van der Waals surface area contributed by atoms with Crippen LogP contribution in [0.15, 0.2) is 61.1 Å². The van der Waals surface area contributed by atoms with Crippen molar-refractivity contribution in [3.63, 3.8) is 0 Å². The maximum absolute atomic E-state index is 12.8. The van der Waals surface area contributed by atoms with E-state index in [-0.39, 0.29) is 11.8 Å². The zero-order chi connectivity index (χ0) is 18.6. The molecule has 1 fully saturated rings. The van der Waals surface area contributed by atoms with Crippen LogP contribution in [-0.2, 0) is 6.54 Å². The highest BCUT2D eigenvalue weighted by molar-refractivity contribution is 5.94. The van der Waals surface area contributed by atoms with Gasteiger partial charge in [0.1, 0.15) is 11.6 Å². The topological polar surface area (TPSA) is 77.0 Å². The second-order valence-electron chi connectivity index (χ2n) is 6.96. The molecule has 1 aromatic carbocycles. The number of likely N-dealkylation sites (tertiary alicyclic amines) is 1. The molecule has 1 atom stereocenters. The second kappa shape index (κ2) is 7.61. The van der Waals surface area contributed by atoms with Crippen LogP contribution in [0, 0.1) is 0 Å². The molecule has 0 saturated carbocycles. The molecule has 0 radical (unpaired) electrons. The van der Waals surface area contributed by atoms with Gasteiger partial charge in [-0.25, -0.2) is 9.97 Å². The highest BCUT2D eigenvalue weighted by Gasteiger charge is 2.28. The highest BCUT2D eigenvalue weighted by Crippen LogP contribution is 2.27. The van der Waals surface area contributed by atoms with Crippen molar-refractivity contribution in [1.29, 1.82) is 0 Å². The van der Waals surface area contributed by atoms with Crippen LogP contribution in [0.2, 0.25) is 0 Å². The minimum Gasteiger partial charge on any atom is -0.384 e. The maximum Gasteiger partial charge on any atom is 0.255 e. The van der Waals surface area contributed by atoms with Crippen molar-refractivity contribution in [2.24, 2.45) is 0 Å². The van der Waals surface area contributed by atoms with E-state index in [0.29, 0.717) is 17.9 Å². The summed E-state index contributed by atoms with van der Waals surface area (Å²) in [7, 11) is 0. The van der Waals surface area contributed by atoms with E-state index in [9.17, 15) is 4.79 Å². The Kier molecular flexibility index (Phi) is 4.87. The summed E-state index contributed by atoms with van der Waals surface area (Å²) in [5.74, 6) is 1.72. The lowest BCUT2D eigenvalue weighted by atomic mass is 9.96. The van der Waals surface area contributed by atoms with Gasteiger partial charge in [0.25, 0.3) is 5.91 Å². The van der Waals surface area contributed by atoms with E-state index in [2.05, 4.69) is 26.7 Å². The summed E-state index contributed by atoms with van der Waals surface area (Å²) in [6.45, 7) is 2.23. The summed E-state index contributed by atoms with van der Waals surface area (Å²) < 4.78 is 2.19. The van der Waals surface area contributed by atoms with E-state index in [4.69, 9.17) is 5.73 Å². The number of rotatable bonds is 4. The molecule has 1 aliphatic rings. The monoisotopic (exact) mass is 361 g/mol. The third-order valence-corrected chi connectivity index (χ3v) is 5.05. The largest absolute Gasteiger partial charge is 0.384 e. The van der Waals surface area contributed by atoms with Crippen molar-refractivity contribution >= 4 is 11.7 Å². The van der Waals surface area contributed by atoms with E-state index in [1.807, 2.05) is 35.5 Å². The molecule has 4 rings (SSSR count). The van der Waals surface area contributed by atoms with Gasteiger partial charge in [0.2, 0.25) is 0 Å². The minimum atomic E-state index is 0.00775. The van der Waals surface area contributed by atoms with Crippen molar-refractivity contribution in [3.05, 3.63) is 78.0 Å². The van der Waals surface area contributed by atoms with Crippen molar-refractivity contribution < 1.29 is 4.79 Å². The number of nitrogen functional groups attached to an aromatic ring is 1. The van der Waals surface area contributed by atoms with Crippen LogP contribution in [0.25, 0.3) is 0 Å². The van der Waals surface area contributed by atoms with Crippen molar-refractivity contribution in [2.45, 2.75) is 25.3 Å². The molecule has 1 amide bonds. The Morgan fingerprint density at radius 3 is 2.78 bits per heavy atom. The number of piperidine rings is 1. The zero-order valence-corrected chi connectivity index (χ0v) is 15.2. The summed E-state index contributed by atoms with van der Waals surface area (Å²) in [5, 5.41) is 0. The van der Waals surface area contributed by atoms with E-state index < -0.39 is 0 Å². The molecule has 138 valence electrons. The summed E-state index contributed by atoms with van der Waals surface area (Å²) in [6.07, 6.45) is 7.43. The lowest BCUT2D eigenvalue weighted by Gasteiger charge is -2.32. The Morgan fingerprint density at radius 2 is 2.00 bits per heavy atom. The van der Waals surface area contributed by atoms with Crippen LogP contribution in [0.3, 0.4) is 0 Å². The fourth-order valence-corrected chi connectivity index (χ4v) is 3.68. The maximum atomic E-state index is 12.8. The molecule has 1 aliphatic heterocycles. The number of amides is 1. The van der Waals surface area contributed by atoms with Gasteiger partial charge in [-0.2, -0.15) is 0 Å². The zero-order valence-electron chi connectivity index (χ0n) is 15.2. The molecule has 2 aromatic heterocycles. The van der Waals surface area contributed by atoms with Gasteiger partial charge in [-0.05, 0) is 30.5 Å². The van der Waals surface area contributed by atoms with Crippen molar-refractivity contribution in [3.8, 4) is 0 Å². The van der Waals surface area contributed by atoms with Crippen LogP contribution in [0.5, 0.6) is 0 Å². The molecule has 0 spiro atoms. The molecular weight excluding hydrogens is 338 g/mol. The number of hydrogen-bond donors (Lipinski definition) is 1. The lowest BCUT2D eigenvalue weighted by molar-refractivity contribution is 0.0703. The summed E-state index contributed by atoms with van der Waals surface area (Å²) in [5.41, 5.74) is 7.45. The number of carbonyl (C=O) groups is 1. The number of nitrogens with zero attached hydrogens (tertiary/aromatic N) is 4. The molecule has 6 nitrogen and oxygen atoms in total. The molecule has 6 heteroatoms. The molecule has 1 saturated heterocycles. The van der Waals surface area contributed by atoms with Crippen molar-refractivity contribution in [1.82, 2.24) is 19.4 Å². The average Bonchev–Trinajstić information content (AvgIpc) is 3.17. The quantitative estimate of drug-likeness (QED) is 0.775. The molecule has 3 heterocycles. The number of imidazole rings is 1. The number of carbonyl (C=O) groups excluding carboxylic acids is 1. The SMILES string of the molecule is Nc1ccc(C(=O)N2CCC[C@H](c3nccn3Cc3ccccc3)C2)cn1. The molecule has 0 aliphatic carbocycles. The smallest absolute Gasteiger partial charge is 0.255 e. The Bertz CT molecular complexity index is 904. The Balaban J connectivity index is 1.50. The van der Waals surface area contributed by atoms with Crippen LogP contribution in [0.4, 0.5) is 5.82 Å². The standard InChI is InChI=1S/C21H23N5O/c22-19-9-8-17(13-24-19)21(27)26-11-4-7-18(15-26)20-23-10-12-25(20)14-16-5-2-1-3-6-16/h1-3,5-6,8-10,12-13,18H,4,7,11,14-15H2,(H2,22,24)/t18-/m0/s1. The first kappa shape index (κ1) is 17.3. The van der Waals surface area contributed by atoms with Gasteiger partial charge in [-0.1, -0.05) is 30.3 Å². The Morgan fingerprint density at radius 1 is 1.15 bits per heavy atom. The predicted octanol–water partition coefficient (Wildman–Crippen LogP) is 2.93. The second-order valence-corrected chi connectivity index (χ2v) is 6.96. The number of pyridine rings is 1. The van der Waals surface area contributed by atoms with Gasteiger partial charge in [0, 0.05) is 44.1 Å². The van der Waals surface area contributed by atoms with Crippen LogP contribution in [-0.4, -0.2) is 38.4 Å². The third-order valence-electron chi connectivity index (χ3n) is 5.05. The molecular formula is C21H23N5O. The van der Waals surface area contributed by atoms with Crippen LogP contribution >= 0.6 is 0 Å². The van der Waals surface area contributed by atoms with E-state index in [1.54, 1.807) is 18.3 Å². The first-order valence-corrected chi connectivity index (χ1v) is 9.26. The molecule has 27 heavy (non-hydrogen) atoms. The lowest BCUT2D eigenvalue weighted by Crippen LogP contribution is -2.39. The van der Waals surface area contributed by atoms with Crippen LogP contribution in [0.1, 0.15) is 40.5 Å². The first-order chi connectivity index (χ1) is 13.2. The van der Waals surface area contributed by atoms with Gasteiger partial charge in [-0.15, -0.1) is 0 Å². The Hall–Kier alpha value is -3.15. The normalized spacial score (nSPS) is 17.0. The number of hydrogen-bond acceptors (Lipinski definition) is 4. The predicted molar refractivity (Wildman–Crippen MR) is 104 cm³/mol. The number of benzene rings is 1. The van der Waals surface area contributed by atoms with Crippen molar-refractivity contribution in [2.75, 3.05) is 18.8 Å². The van der Waals surface area contributed by atoms with Gasteiger partial charge in [0.05, 0.1) is 5.56 Å². The fourth-order valence-electron chi connectivity index (χ4n) is 3.68. The molecule has 0 bridgehead atoms. The molecule has 0 unspecified atom stereocenters. The van der Waals surface area contributed by atoms with Gasteiger partial charge in [0.15, 0.2) is 0 Å². The first-order valence-electron chi connectivity index (χ1n) is 9.26. The number of nitrogens with two attached hydrogens (primary N) is 1. The van der Waals surface area contributed by atoms with E-state index >= 15 is 0 Å². The third kappa shape index (κ3) is 3.84. The number of aromatic nitrogens is 3. The highest BCUT2D eigenvalue weighted by atomic mass is 16.2. The fraction of sp³-hybridized carbons (Fsp3) is 0.286. The van der Waals surface area contributed by atoms with Crippen LogP contribution < -0.4 is 5.73 Å². The number of anilines is 1. The van der Waals surface area contributed by atoms with Gasteiger partial charge < -0.3 is 15.2 Å². The molecule has 3 aromatic rings. The van der Waals surface area contributed by atoms with Gasteiger partial charge >= 0.3 is 0 Å². The average molecular weight is 361 g/mol. The molecule has 2 N–H and O–H groups in total. The van der Waals surface area contributed by atoms with E-state index in [0.717, 1.165) is 31.8 Å². The summed E-state index contributed by atoms with van der Waals surface area (Å²) in [6, 6.07) is 13.8.